The highest BCUT2D eigenvalue weighted by molar-refractivity contribution is 5.73. The van der Waals surface area contributed by atoms with Gasteiger partial charge in [-0.25, -0.2) is 15.0 Å². The third kappa shape index (κ3) is 6.21. The topological polar surface area (TPSA) is 134 Å². The number of nitriles is 2. The molecule has 1 fully saturated rings. The molecule has 2 aromatic heterocycles. The van der Waals surface area contributed by atoms with Gasteiger partial charge in [-0.3, -0.25) is 4.79 Å². The molecule has 1 aliphatic rings. The van der Waals surface area contributed by atoms with Crippen molar-refractivity contribution in [2.75, 3.05) is 6.61 Å². The molecular formula is C22H24N6O3. The maximum atomic E-state index is 11.1. The second kappa shape index (κ2) is 10.5. The number of hydrogen-bond donors (Lipinski definition) is 1. The zero-order chi connectivity index (χ0) is 22.2. The summed E-state index contributed by atoms with van der Waals surface area (Å²) in [5, 5.41) is 21.2. The normalized spacial score (nSPS) is 19.0. The summed E-state index contributed by atoms with van der Waals surface area (Å²) in [6, 6.07) is 5.71. The van der Waals surface area contributed by atoms with Crippen molar-refractivity contribution in [1.82, 2.24) is 20.3 Å². The second-order valence-electron chi connectivity index (χ2n) is 7.55. The zero-order valence-corrected chi connectivity index (χ0v) is 17.5. The Hall–Kier alpha value is -3.56. The lowest BCUT2D eigenvalue weighted by Crippen LogP contribution is -2.37. The van der Waals surface area contributed by atoms with Crippen LogP contribution in [0.4, 0.5) is 0 Å². The van der Waals surface area contributed by atoms with Gasteiger partial charge in [0.05, 0.1) is 18.3 Å². The molecule has 0 aromatic carbocycles. The Labute approximate surface area is 181 Å². The number of carbonyl (C=O) groups is 1. The first-order valence-corrected chi connectivity index (χ1v) is 10.2. The molecule has 3 rings (SSSR count). The number of nitrogens with one attached hydrogen (secondary N) is 1. The largest absolute Gasteiger partial charge is 0.473 e. The Morgan fingerprint density at radius 2 is 1.81 bits per heavy atom. The van der Waals surface area contributed by atoms with Gasteiger partial charge < -0.3 is 14.8 Å². The Morgan fingerprint density at radius 3 is 2.42 bits per heavy atom. The van der Waals surface area contributed by atoms with Crippen molar-refractivity contribution >= 4 is 5.91 Å². The van der Waals surface area contributed by atoms with Crippen molar-refractivity contribution in [3.05, 3.63) is 35.8 Å². The van der Waals surface area contributed by atoms with Crippen molar-refractivity contribution in [2.45, 2.75) is 57.8 Å². The summed E-state index contributed by atoms with van der Waals surface area (Å²) in [6.07, 6.45) is 7.80. The van der Waals surface area contributed by atoms with Crippen molar-refractivity contribution in [3.8, 4) is 29.4 Å². The molecule has 160 valence electrons. The van der Waals surface area contributed by atoms with Gasteiger partial charge in [0.15, 0.2) is 5.82 Å². The average Bonchev–Trinajstić information content (AvgIpc) is 2.78. The molecule has 1 amide bonds. The van der Waals surface area contributed by atoms with Crippen molar-refractivity contribution in [1.29, 1.82) is 10.5 Å². The van der Waals surface area contributed by atoms with E-state index in [9.17, 15) is 10.1 Å². The van der Waals surface area contributed by atoms with E-state index < -0.39 is 0 Å². The van der Waals surface area contributed by atoms with E-state index in [1.807, 2.05) is 13.0 Å². The molecule has 2 heterocycles. The van der Waals surface area contributed by atoms with Gasteiger partial charge in [0.25, 0.3) is 0 Å². The number of amides is 1. The Morgan fingerprint density at radius 1 is 1.13 bits per heavy atom. The van der Waals surface area contributed by atoms with Gasteiger partial charge in [0.2, 0.25) is 11.8 Å². The van der Waals surface area contributed by atoms with Gasteiger partial charge in [-0.15, -0.1) is 0 Å². The summed E-state index contributed by atoms with van der Waals surface area (Å²) in [7, 11) is 0. The Balaban J connectivity index is 1.55. The van der Waals surface area contributed by atoms with Crippen LogP contribution < -0.4 is 10.1 Å². The number of aromatic nitrogens is 3. The third-order valence-electron chi connectivity index (χ3n) is 4.94. The predicted molar refractivity (Wildman–Crippen MR) is 111 cm³/mol. The molecule has 1 aliphatic carbocycles. The Bertz CT molecular complexity index is 988. The molecule has 1 N–H and O–H groups in total. The first-order chi connectivity index (χ1) is 15.0. The molecule has 9 heteroatoms. The third-order valence-corrected chi connectivity index (χ3v) is 4.94. The van der Waals surface area contributed by atoms with Crippen LogP contribution in [0.15, 0.2) is 24.7 Å². The molecule has 0 spiro atoms. The van der Waals surface area contributed by atoms with Crippen molar-refractivity contribution in [3.63, 3.8) is 0 Å². The maximum Gasteiger partial charge on any atom is 0.231 e. The smallest absolute Gasteiger partial charge is 0.231 e. The average molecular weight is 420 g/mol. The van der Waals surface area contributed by atoms with E-state index in [0.717, 1.165) is 25.7 Å². The summed E-state index contributed by atoms with van der Waals surface area (Å²) in [5.41, 5.74) is 1.26. The number of hydrogen-bond acceptors (Lipinski definition) is 8. The van der Waals surface area contributed by atoms with Crippen LogP contribution in [0.3, 0.4) is 0 Å². The molecule has 1 atom stereocenters. The summed E-state index contributed by atoms with van der Waals surface area (Å²) in [4.78, 5) is 23.6. The van der Waals surface area contributed by atoms with E-state index >= 15 is 0 Å². The van der Waals surface area contributed by atoms with Crippen LogP contribution >= 0.6 is 0 Å². The van der Waals surface area contributed by atoms with Crippen LogP contribution in [-0.4, -0.2) is 45.7 Å². The number of pyridine rings is 1. The van der Waals surface area contributed by atoms with Gasteiger partial charge in [-0.05, 0) is 38.7 Å². The van der Waals surface area contributed by atoms with Crippen LogP contribution in [-0.2, 0) is 9.53 Å². The highest BCUT2D eigenvalue weighted by Crippen LogP contribution is 2.28. The van der Waals surface area contributed by atoms with E-state index in [2.05, 4.69) is 26.3 Å². The van der Waals surface area contributed by atoms with Gasteiger partial charge in [0, 0.05) is 37.1 Å². The Kier molecular flexibility index (Phi) is 7.47. The second-order valence-corrected chi connectivity index (χ2v) is 7.55. The van der Waals surface area contributed by atoms with Crippen LogP contribution in [0.1, 0.15) is 50.7 Å². The minimum atomic E-state index is -0.0641. The van der Waals surface area contributed by atoms with Crippen LogP contribution in [0, 0.1) is 22.7 Å². The molecule has 0 saturated heterocycles. The fraction of sp³-hybridized carbons (Fsp3) is 0.455. The number of ether oxygens (including phenoxy) is 2. The van der Waals surface area contributed by atoms with E-state index in [4.69, 9.17) is 14.7 Å². The van der Waals surface area contributed by atoms with E-state index in [-0.39, 0.29) is 24.2 Å². The zero-order valence-electron chi connectivity index (χ0n) is 17.5. The summed E-state index contributed by atoms with van der Waals surface area (Å²) in [6.45, 7) is 3.89. The van der Waals surface area contributed by atoms with Crippen LogP contribution in [0.5, 0.6) is 5.88 Å². The lowest BCUT2D eigenvalue weighted by atomic mass is 9.95. The van der Waals surface area contributed by atoms with Gasteiger partial charge in [-0.2, -0.15) is 10.5 Å². The SMILES string of the molecule is CC(=O)N[C@@H](C)CO[C@H]1CC[C@H](Oc2ncc(-c3ncc(C#N)cn3)cc2C#N)CC1. The fourth-order valence-corrected chi connectivity index (χ4v) is 3.43. The summed E-state index contributed by atoms with van der Waals surface area (Å²) >= 11 is 0. The lowest BCUT2D eigenvalue weighted by Gasteiger charge is -2.29. The number of nitrogens with zero attached hydrogens (tertiary/aromatic N) is 5. The molecular weight excluding hydrogens is 396 g/mol. The lowest BCUT2D eigenvalue weighted by molar-refractivity contribution is -0.120. The molecule has 0 unspecified atom stereocenters. The molecule has 0 aliphatic heterocycles. The summed E-state index contributed by atoms with van der Waals surface area (Å²) in [5.74, 6) is 0.620. The van der Waals surface area contributed by atoms with Crippen molar-refractivity contribution in [2.24, 2.45) is 0 Å². The minimum absolute atomic E-state index is 0.0209. The summed E-state index contributed by atoms with van der Waals surface area (Å²) < 4.78 is 11.9. The van der Waals surface area contributed by atoms with Gasteiger partial charge >= 0.3 is 0 Å². The monoisotopic (exact) mass is 420 g/mol. The van der Waals surface area contributed by atoms with Crippen LogP contribution in [0.2, 0.25) is 0 Å². The highest BCUT2D eigenvalue weighted by Gasteiger charge is 2.25. The van der Waals surface area contributed by atoms with Crippen molar-refractivity contribution < 1.29 is 14.3 Å². The van der Waals surface area contributed by atoms with Gasteiger partial charge in [-0.1, -0.05) is 0 Å². The van der Waals surface area contributed by atoms with Gasteiger partial charge in [0.1, 0.15) is 23.8 Å². The van der Waals surface area contributed by atoms with E-state index in [1.165, 1.54) is 19.3 Å². The highest BCUT2D eigenvalue weighted by atomic mass is 16.5. The van der Waals surface area contributed by atoms with Crippen LogP contribution in [0.25, 0.3) is 11.4 Å². The molecule has 0 radical (unpaired) electrons. The molecule has 1 saturated carbocycles. The quantitative estimate of drug-likeness (QED) is 0.722. The van der Waals surface area contributed by atoms with E-state index in [0.29, 0.717) is 35.0 Å². The molecule has 0 bridgehead atoms. The fourth-order valence-electron chi connectivity index (χ4n) is 3.43. The first-order valence-electron chi connectivity index (χ1n) is 10.2. The molecule has 2 aromatic rings. The number of carbonyl (C=O) groups excluding carboxylic acids is 1. The molecule has 9 nitrogen and oxygen atoms in total. The first kappa shape index (κ1) is 22.1. The molecule has 31 heavy (non-hydrogen) atoms. The number of rotatable bonds is 7. The minimum Gasteiger partial charge on any atom is -0.473 e. The maximum absolute atomic E-state index is 11.1. The standard InChI is InChI=1S/C22H24N6O3/c1-14(28-15(2)29)13-30-19-3-5-20(6-4-19)31-22-17(9-24)7-18(12-27-22)21-25-10-16(8-23)11-26-21/h7,10-12,14,19-20H,3-6,13H2,1-2H3,(H,28,29)/t14-,19-,20-/m0/s1. The van der Waals surface area contributed by atoms with E-state index in [1.54, 1.807) is 12.3 Å². The predicted octanol–water partition coefficient (Wildman–Crippen LogP) is 2.51.